The minimum absolute atomic E-state index is 0. The van der Waals surface area contributed by atoms with Crippen LogP contribution < -0.4 is 20.5 Å². The molecule has 2 aliphatic heterocycles. The van der Waals surface area contributed by atoms with Gasteiger partial charge in [0.05, 0.1) is 11.4 Å². The molecule has 124 valence electrons. The monoisotopic (exact) mass is 341 g/mol. The lowest BCUT2D eigenvalue weighted by molar-refractivity contribution is -0.138. The molecule has 1 aromatic carbocycles. The smallest absolute Gasteiger partial charge is 0.231 e. The quantitative estimate of drug-likeness (QED) is 0.621. The molecular formula is C14H16ClN3O5. The largest absolute Gasteiger partial charge is 0.454 e. The molecule has 0 atom stereocenters. The number of ether oxygens (including phenoxy) is 2. The molecular weight excluding hydrogens is 326 g/mol. The van der Waals surface area contributed by atoms with Crippen molar-refractivity contribution in [2.24, 2.45) is 0 Å². The van der Waals surface area contributed by atoms with E-state index in [4.69, 9.17) is 15.2 Å². The van der Waals surface area contributed by atoms with E-state index in [0.29, 0.717) is 22.9 Å². The van der Waals surface area contributed by atoms with Crippen molar-refractivity contribution in [2.75, 3.05) is 24.4 Å². The Morgan fingerprint density at radius 2 is 1.78 bits per heavy atom. The summed E-state index contributed by atoms with van der Waals surface area (Å²) in [5, 5.41) is 2.64. The Morgan fingerprint density at radius 1 is 1.17 bits per heavy atom. The van der Waals surface area contributed by atoms with E-state index < -0.39 is 0 Å². The lowest BCUT2D eigenvalue weighted by Crippen LogP contribution is -2.32. The number of hydrogen-bond acceptors (Lipinski definition) is 6. The average molecular weight is 342 g/mol. The Bertz CT molecular complexity index is 648. The number of rotatable bonds is 4. The van der Waals surface area contributed by atoms with Crippen LogP contribution in [0.2, 0.25) is 0 Å². The van der Waals surface area contributed by atoms with Crippen LogP contribution in [0.15, 0.2) is 12.1 Å². The molecule has 3 N–H and O–H groups in total. The van der Waals surface area contributed by atoms with Crippen molar-refractivity contribution in [1.82, 2.24) is 4.90 Å². The van der Waals surface area contributed by atoms with E-state index in [0.717, 1.165) is 4.90 Å². The van der Waals surface area contributed by atoms with Crippen molar-refractivity contribution < 1.29 is 23.9 Å². The zero-order valence-corrected chi connectivity index (χ0v) is 13.0. The van der Waals surface area contributed by atoms with Crippen molar-refractivity contribution in [3.8, 4) is 11.5 Å². The molecule has 0 unspecified atom stereocenters. The van der Waals surface area contributed by atoms with Gasteiger partial charge in [-0.3, -0.25) is 19.3 Å². The molecule has 3 rings (SSSR count). The number of likely N-dealkylation sites (tertiary alicyclic amines) is 1. The average Bonchev–Trinajstić information content (AvgIpc) is 3.04. The molecule has 0 bridgehead atoms. The highest BCUT2D eigenvalue weighted by Gasteiger charge is 2.28. The topological polar surface area (TPSA) is 111 Å². The molecule has 0 spiro atoms. The van der Waals surface area contributed by atoms with Gasteiger partial charge in [0, 0.05) is 37.9 Å². The molecule has 8 nitrogen and oxygen atoms in total. The molecule has 2 aliphatic rings. The number of nitrogens with zero attached hydrogens (tertiary/aromatic N) is 1. The van der Waals surface area contributed by atoms with Gasteiger partial charge in [0.25, 0.3) is 0 Å². The second-order valence-electron chi connectivity index (χ2n) is 5.03. The summed E-state index contributed by atoms with van der Waals surface area (Å²) in [6.45, 7) is 0.194. The van der Waals surface area contributed by atoms with Crippen molar-refractivity contribution >= 4 is 41.5 Å². The van der Waals surface area contributed by atoms with Gasteiger partial charge in [0.15, 0.2) is 11.5 Å². The maximum atomic E-state index is 11.9. The van der Waals surface area contributed by atoms with Gasteiger partial charge in [-0.05, 0) is 0 Å². The molecule has 9 heteroatoms. The zero-order valence-electron chi connectivity index (χ0n) is 12.2. The number of nitrogens with two attached hydrogens (primary N) is 1. The number of fused-ring (bicyclic) bond motifs is 1. The Morgan fingerprint density at radius 3 is 2.43 bits per heavy atom. The summed E-state index contributed by atoms with van der Waals surface area (Å²) in [6.07, 6.45) is 0.455. The van der Waals surface area contributed by atoms with Crippen LogP contribution >= 0.6 is 12.4 Å². The van der Waals surface area contributed by atoms with Gasteiger partial charge in [0.1, 0.15) is 0 Å². The van der Waals surface area contributed by atoms with E-state index in [1.54, 1.807) is 12.1 Å². The van der Waals surface area contributed by atoms with Gasteiger partial charge in [-0.15, -0.1) is 12.4 Å². The number of imide groups is 1. The minimum atomic E-state index is -0.335. The number of benzene rings is 1. The molecule has 0 saturated carbocycles. The molecule has 1 aromatic rings. The third-order valence-corrected chi connectivity index (χ3v) is 3.54. The van der Waals surface area contributed by atoms with Gasteiger partial charge in [0.2, 0.25) is 24.5 Å². The van der Waals surface area contributed by atoms with E-state index in [2.05, 4.69) is 5.32 Å². The first kappa shape index (κ1) is 16.9. The lowest BCUT2D eigenvalue weighted by atomic mass is 10.2. The van der Waals surface area contributed by atoms with Gasteiger partial charge in [-0.2, -0.15) is 0 Å². The van der Waals surface area contributed by atoms with Gasteiger partial charge < -0.3 is 20.5 Å². The van der Waals surface area contributed by atoms with Crippen LogP contribution in [-0.2, 0) is 14.4 Å². The Balaban J connectivity index is 0.00000192. The molecule has 0 aromatic heterocycles. The highest BCUT2D eigenvalue weighted by Crippen LogP contribution is 2.38. The fourth-order valence-corrected chi connectivity index (χ4v) is 2.36. The van der Waals surface area contributed by atoms with Crippen molar-refractivity contribution in [2.45, 2.75) is 19.3 Å². The zero-order chi connectivity index (χ0) is 15.7. The Labute approximate surface area is 138 Å². The summed E-state index contributed by atoms with van der Waals surface area (Å²) >= 11 is 0. The van der Waals surface area contributed by atoms with Crippen molar-refractivity contribution in [1.29, 1.82) is 0 Å². The number of hydrogen-bond donors (Lipinski definition) is 2. The number of carbonyl (C=O) groups excluding carboxylic acids is 3. The van der Waals surface area contributed by atoms with E-state index in [-0.39, 0.29) is 62.7 Å². The Hall–Kier alpha value is -2.48. The summed E-state index contributed by atoms with van der Waals surface area (Å²) in [5.74, 6) is 0.233. The van der Waals surface area contributed by atoms with Crippen molar-refractivity contribution in [3.05, 3.63) is 12.1 Å². The van der Waals surface area contributed by atoms with Gasteiger partial charge >= 0.3 is 0 Å². The summed E-state index contributed by atoms with van der Waals surface area (Å²) < 4.78 is 10.4. The Kier molecular flexibility index (Phi) is 4.95. The van der Waals surface area contributed by atoms with Crippen LogP contribution in [0.1, 0.15) is 19.3 Å². The van der Waals surface area contributed by atoms with Crippen LogP contribution in [-0.4, -0.2) is 36.0 Å². The first-order valence-corrected chi connectivity index (χ1v) is 6.87. The van der Waals surface area contributed by atoms with Gasteiger partial charge in [-0.1, -0.05) is 0 Å². The second-order valence-corrected chi connectivity index (χ2v) is 5.03. The van der Waals surface area contributed by atoms with Crippen LogP contribution in [0.25, 0.3) is 0 Å². The maximum Gasteiger partial charge on any atom is 0.231 e. The number of anilines is 2. The van der Waals surface area contributed by atoms with E-state index in [9.17, 15) is 14.4 Å². The number of carbonyl (C=O) groups is 3. The SMILES string of the molecule is Cl.Nc1cc2c(cc1NC(=O)CCN1C(=O)CCC1=O)OCO2. The fraction of sp³-hybridized carbons (Fsp3) is 0.357. The highest BCUT2D eigenvalue weighted by atomic mass is 35.5. The summed E-state index contributed by atoms with van der Waals surface area (Å²) in [6, 6.07) is 3.16. The number of halogens is 1. The van der Waals surface area contributed by atoms with E-state index in [1.807, 2.05) is 0 Å². The molecule has 3 amide bonds. The molecule has 0 aliphatic carbocycles. The molecule has 1 saturated heterocycles. The predicted molar refractivity (Wildman–Crippen MR) is 83.4 cm³/mol. The van der Waals surface area contributed by atoms with E-state index in [1.165, 1.54) is 0 Å². The highest BCUT2D eigenvalue weighted by molar-refractivity contribution is 6.02. The second kappa shape index (κ2) is 6.74. The summed E-state index contributed by atoms with van der Waals surface area (Å²) in [4.78, 5) is 36.0. The summed E-state index contributed by atoms with van der Waals surface area (Å²) in [7, 11) is 0. The number of amides is 3. The van der Waals surface area contributed by atoms with Crippen LogP contribution in [0.3, 0.4) is 0 Å². The standard InChI is InChI=1S/C14H15N3O5.ClH/c15-8-5-10-11(22-7-21-10)6-9(8)16-12(18)3-4-17-13(19)1-2-14(17)20;/h5-6H,1-4,7,15H2,(H,16,18);1H. The summed E-state index contributed by atoms with van der Waals surface area (Å²) in [5.41, 5.74) is 6.60. The van der Waals surface area contributed by atoms with E-state index >= 15 is 0 Å². The molecule has 1 fully saturated rings. The maximum absolute atomic E-state index is 11.9. The molecule has 2 heterocycles. The lowest BCUT2D eigenvalue weighted by Gasteiger charge is -2.14. The first-order chi connectivity index (χ1) is 10.5. The third-order valence-electron chi connectivity index (χ3n) is 3.54. The third kappa shape index (κ3) is 3.48. The molecule has 23 heavy (non-hydrogen) atoms. The van der Waals surface area contributed by atoms with Crippen LogP contribution in [0.5, 0.6) is 11.5 Å². The predicted octanol–water partition coefficient (Wildman–Crippen LogP) is 0.897. The molecule has 0 radical (unpaired) electrons. The number of nitrogen functional groups attached to an aromatic ring is 1. The van der Waals surface area contributed by atoms with Gasteiger partial charge in [-0.25, -0.2) is 0 Å². The minimum Gasteiger partial charge on any atom is -0.454 e. The van der Waals surface area contributed by atoms with Crippen molar-refractivity contribution in [3.63, 3.8) is 0 Å². The van der Waals surface area contributed by atoms with Crippen LogP contribution in [0, 0.1) is 0 Å². The van der Waals surface area contributed by atoms with Crippen LogP contribution in [0.4, 0.5) is 11.4 Å². The first-order valence-electron chi connectivity index (χ1n) is 6.87. The number of nitrogens with one attached hydrogen (secondary N) is 1. The fourth-order valence-electron chi connectivity index (χ4n) is 2.36. The normalized spacial score (nSPS) is 15.6.